The van der Waals surface area contributed by atoms with Gasteiger partial charge in [0.05, 0.1) is 12.0 Å². The number of carbonyl (C=O) groups is 1. The SMILES string of the molecule is COc1nc(NC(=O)NS(=O)(=O)c2ccccc2[N+](=O)[O-])nc(C(F)(F)F)n1. The van der Waals surface area contributed by atoms with Crippen LogP contribution in [0.4, 0.5) is 29.6 Å². The number of sulfonamides is 1. The third-order valence-corrected chi connectivity index (χ3v) is 4.23. The number of alkyl halides is 3. The second kappa shape index (κ2) is 7.59. The van der Waals surface area contributed by atoms with E-state index in [2.05, 4.69) is 19.7 Å². The minimum Gasteiger partial charge on any atom is -0.467 e. The van der Waals surface area contributed by atoms with Crippen molar-refractivity contribution in [3.05, 3.63) is 40.2 Å². The number of carbonyl (C=O) groups excluding carboxylic acids is 1. The highest BCUT2D eigenvalue weighted by molar-refractivity contribution is 7.90. The van der Waals surface area contributed by atoms with Crippen molar-refractivity contribution in [2.75, 3.05) is 12.4 Å². The van der Waals surface area contributed by atoms with Gasteiger partial charge in [-0.2, -0.15) is 28.1 Å². The zero-order valence-corrected chi connectivity index (χ0v) is 14.4. The number of anilines is 1. The van der Waals surface area contributed by atoms with Crippen LogP contribution in [-0.2, 0) is 16.2 Å². The van der Waals surface area contributed by atoms with Crippen LogP contribution in [0.3, 0.4) is 0 Å². The first kappa shape index (κ1) is 20.7. The van der Waals surface area contributed by atoms with Gasteiger partial charge in [0.2, 0.25) is 11.8 Å². The van der Waals surface area contributed by atoms with Gasteiger partial charge in [0.15, 0.2) is 4.90 Å². The molecule has 28 heavy (non-hydrogen) atoms. The zero-order valence-electron chi connectivity index (χ0n) is 13.6. The molecule has 16 heteroatoms. The Morgan fingerprint density at radius 3 is 2.43 bits per heavy atom. The summed E-state index contributed by atoms with van der Waals surface area (Å²) in [6.07, 6.45) is -5.00. The topological polar surface area (TPSA) is 166 Å². The van der Waals surface area contributed by atoms with Crippen molar-refractivity contribution in [3.63, 3.8) is 0 Å². The van der Waals surface area contributed by atoms with E-state index in [1.807, 2.05) is 0 Å². The van der Waals surface area contributed by atoms with E-state index in [0.717, 1.165) is 19.2 Å². The molecule has 1 heterocycles. The molecule has 0 aliphatic heterocycles. The predicted octanol–water partition coefficient (Wildman–Crippen LogP) is 1.32. The highest BCUT2D eigenvalue weighted by Crippen LogP contribution is 2.27. The van der Waals surface area contributed by atoms with Gasteiger partial charge in [-0.05, 0) is 6.07 Å². The van der Waals surface area contributed by atoms with Crippen LogP contribution in [0.15, 0.2) is 29.2 Å². The summed E-state index contributed by atoms with van der Waals surface area (Å²) in [6.45, 7) is 0. The van der Waals surface area contributed by atoms with Crippen LogP contribution in [0.5, 0.6) is 6.01 Å². The van der Waals surface area contributed by atoms with Crippen molar-refractivity contribution in [1.29, 1.82) is 0 Å². The monoisotopic (exact) mass is 422 g/mol. The summed E-state index contributed by atoms with van der Waals surface area (Å²) in [5.74, 6) is -2.66. The van der Waals surface area contributed by atoms with Gasteiger partial charge in [-0.25, -0.2) is 17.9 Å². The summed E-state index contributed by atoms with van der Waals surface area (Å²) in [5.41, 5.74) is -0.816. The zero-order chi connectivity index (χ0) is 21.1. The Bertz CT molecular complexity index is 1030. The predicted molar refractivity (Wildman–Crippen MR) is 83.8 cm³/mol. The van der Waals surface area contributed by atoms with E-state index in [1.165, 1.54) is 16.9 Å². The van der Waals surface area contributed by atoms with Gasteiger partial charge in [-0.1, -0.05) is 12.1 Å². The molecule has 2 rings (SSSR count). The first-order valence-electron chi connectivity index (χ1n) is 6.88. The molecule has 0 unspecified atom stereocenters. The molecule has 2 N–H and O–H groups in total. The number of ether oxygens (including phenoxy) is 1. The summed E-state index contributed by atoms with van der Waals surface area (Å²) in [5, 5.41) is 12.6. The van der Waals surface area contributed by atoms with Crippen molar-refractivity contribution < 1.29 is 36.0 Å². The molecular formula is C12H9F3N6O6S. The maximum Gasteiger partial charge on any atom is 0.451 e. The highest BCUT2D eigenvalue weighted by Gasteiger charge is 2.36. The molecule has 0 aliphatic rings. The molecule has 0 aliphatic carbocycles. The maximum atomic E-state index is 12.7. The summed E-state index contributed by atoms with van der Waals surface area (Å²) >= 11 is 0. The molecule has 2 aromatic rings. The number of rotatable bonds is 5. The molecular weight excluding hydrogens is 413 g/mol. The second-order valence-electron chi connectivity index (χ2n) is 4.75. The van der Waals surface area contributed by atoms with Crippen LogP contribution in [0.25, 0.3) is 0 Å². The quantitative estimate of drug-likeness (QED) is 0.533. The molecule has 12 nitrogen and oxygen atoms in total. The highest BCUT2D eigenvalue weighted by atomic mass is 32.2. The largest absolute Gasteiger partial charge is 0.467 e. The number of nitro groups is 1. The fourth-order valence-electron chi connectivity index (χ4n) is 1.77. The number of amides is 2. The van der Waals surface area contributed by atoms with Crippen LogP contribution < -0.4 is 14.8 Å². The number of urea groups is 1. The van der Waals surface area contributed by atoms with E-state index in [1.54, 1.807) is 5.32 Å². The Hall–Kier alpha value is -3.56. The molecule has 0 bridgehead atoms. The number of nitrogens with zero attached hydrogens (tertiary/aromatic N) is 4. The van der Waals surface area contributed by atoms with Gasteiger partial charge >= 0.3 is 18.2 Å². The van der Waals surface area contributed by atoms with Crippen molar-refractivity contribution in [3.8, 4) is 6.01 Å². The van der Waals surface area contributed by atoms with Crippen LogP contribution in [0.1, 0.15) is 5.82 Å². The molecule has 0 fully saturated rings. The van der Waals surface area contributed by atoms with Gasteiger partial charge in [-0.3, -0.25) is 15.4 Å². The van der Waals surface area contributed by atoms with Crippen LogP contribution in [-0.4, -0.2) is 41.4 Å². The number of benzene rings is 1. The maximum absolute atomic E-state index is 12.7. The summed E-state index contributed by atoms with van der Waals surface area (Å²) < 4.78 is 68.4. The first-order chi connectivity index (χ1) is 12.9. The van der Waals surface area contributed by atoms with E-state index >= 15 is 0 Å². The lowest BCUT2D eigenvalue weighted by molar-refractivity contribution is -0.387. The Morgan fingerprint density at radius 1 is 1.21 bits per heavy atom. The number of halogens is 3. The smallest absolute Gasteiger partial charge is 0.451 e. The molecule has 1 aromatic heterocycles. The molecule has 2 amide bonds. The third-order valence-electron chi connectivity index (χ3n) is 2.85. The van der Waals surface area contributed by atoms with Crippen molar-refractivity contribution in [1.82, 2.24) is 19.7 Å². The number of hydrogen-bond acceptors (Lipinski definition) is 9. The van der Waals surface area contributed by atoms with E-state index in [4.69, 9.17) is 0 Å². The number of para-hydroxylation sites is 1. The summed E-state index contributed by atoms with van der Waals surface area (Å²) in [7, 11) is -3.78. The number of nitro benzene ring substituents is 1. The van der Waals surface area contributed by atoms with Gasteiger partial charge in [0.25, 0.3) is 15.7 Å². The fourth-order valence-corrected chi connectivity index (χ4v) is 2.85. The van der Waals surface area contributed by atoms with Gasteiger partial charge in [0, 0.05) is 6.07 Å². The summed E-state index contributed by atoms with van der Waals surface area (Å²) in [6, 6.07) is 1.76. The average molecular weight is 422 g/mol. The number of methoxy groups -OCH3 is 1. The Morgan fingerprint density at radius 2 is 1.86 bits per heavy atom. The average Bonchev–Trinajstić information content (AvgIpc) is 2.60. The van der Waals surface area contributed by atoms with Crippen molar-refractivity contribution >= 4 is 27.7 Å². The molecule has 1 aromatic carbocycles. The summed E-state index contributed by atoms with van der Waals surface area (Å²) in [4.78, 5) is 30.2. The lowest BCUT2D eigenvalue weighted by Gasteiger charge is -2.10. The number of nitrogens with one attached hydrogen (secondary N) is 2. The minimum absolute atomic E-state index is 0.792. The molecule has 150 valence electrons. The molecule has 0 saturated carbocycles. The van der Waals surface area contributed by atoms with Gasteiger partial charge in [-0.15, -0.1) is 0 Å². The van der Waals surface area contributed by atoms with Crippen LogP contribution in [0.2, 0.25) is 0 Å². The second-order valence-corrected chi connectivity index (χ2v) is 6.40. The van der Waals surface area contributed by atoms with Crippen molar-refractivity contribution in [2.45, 2.75) is 11.1 Å². The van der Waals surface area contributed by atoms with Crippen molar-refractivity contribution in [2.24, 2.45) is 0 Å². The van der Waals surface area contributed by atoms with Crippen LogP contribution in [0, 0.1) is 10.1 Å². The molecule has 0 spiro atoms. The Labute approximate surface area is 154 Å². The standard InChI is InChI=1S/C12H9F3N6O6S/c1-27-11-17-8(12(13,14)15)16-9(19-11)18-10(22)20-28(25,26)7-5-3-2-4-6(7)21(23)24/h2-5H,1H3,(H2,16,17,18,19,20,22). The lowest BCUT2D eigenvalue weighted by atomic mass is 10.3. The fraction of sp³-hybridized carbons (Fsp3) is 0.167. The van der Waals surface area contributed by atoms with E-state index in [9.17, 15) is 36.5 Å². The third kappa shape index (κ3) is 4.78. The number of aromatic nitrogens is 3. The van der Waals surface area contributed by atoms with Gasteiger partial charge < -0.3 is 4.74 Å². The van der Waals surface area contributed by atoms with Crippen LogP contribution >= 0.6 is 0 Å². The Kier molecular flexibility index (Phi) is 5.62. The number of hydrogen-bond donors (Lipinski definition) is 2. The normalized spacial score (nSPS) is 11.6. The lowest BCUT2D eigenvalue weighted by Crippen LogP contribution is -2.35. The molecule has 0 radical (unpaired) electrons. The van der Waals surface area contributed by atoms with E-state index in [-0.39, 0.29) is 0 Å². The first-order valence-corrected chi connectivity index (χ1v) is 8.37. The molecule has 0 saturated heterocycles. The molecule has 0 atom stereocenters. The minimum atomic E-state index is -5.00. The van der Waals surface area contributed by atoms with Gasteiger partial charge in [0.1, 0.15) is 0 Å². The van der Waals surface area contributed by atoms with E-state index in [0.29, 0.717) is 0 Å². The van der Waals surface area contributed by atoms with E-state index < -0.39 is 55.5 Å². The Balaban J connectivity index is 2.28.